The molecule has 3 aromatic rings. The monoisotopic (exact) mass is 413 g/mol. The van der Waals surface area contributed by atoms with Crippen LogP contribution in [0.4, 0.5) is 10.8 Å². The van der Waals surface area contributed by atoms with Gasteiger partial charge in [-0.3, -0.25) is 14.2 Å². The van der Waals surface area contributed by atoms with Crippen molar-refractivity contribution in [2.24, 2.45) is 5.92 Å². The largest absolute Gasteiger partial charge is 0.497 e. The zero-order valence-electron chi connectivity index (χ0n) is 16.4. The third-order valence-corrected chi connectivity index (χ3v) is 6.08. The highest BCUT2D eigenvalue weighted by atomic mass is 32.1. The summed E-state index contributed by atoms with van der Waals surface area (Å²) in [5.74, 6) is 1.02. The molecular formula is C20H23N5O3S. The van der Waals surface area contributed by atoms with Gasteiger partial charge >= 0.3 is 0 Å². The van der Waals surface area contributed by atoms with Crippen molar-refractivity contribution in [2.45, 2.75) is 26.3 Å². The lowest BCUT2D eigenvalue weighted by molar-refractivity contribution is -0.116. The highest BCUT2D eigenvalue weighted by molar-refractivity contribution is 7.22. The lowest BCUT2D eigenvalue weighted by atomic mass is 10.0. The molecule has 1 unspecified atom stereocenters. The van der Waals surface area contributed by atoms with Crippen LogP contribution >= 0.6 is 11.3 Å². The van der Waals surface area contributed by atoms with Crippen LogP contribution in [0.25, 0.3) is 10.3 Å². The number of hydrogen-bond acceptors (Lipinski definition) is 7. The molecule has 0 spiro atoms. The summed E-state index contributed by atoms with van der Waals surface area (Å²) >= 11 is 1.36. The molecule has 1 aliphatic heterocycles. The maximum atomic E-state index is 12.8. The van der Waals surface area contributed by atoms with Gasteiger partial charge in [-0.25, -0.2) is 4.98 Å². The third-order valence-electron chi connectivity index (χ3n) is 4.99. The van der Waals surface area contributed by atoms with Gasteiger partial charge in [0, 0.05) is 18.8 Å². The van der Waals surface area contributed by atoms with Gasteiger partial charge < -0.3 is 15.0 Å². The highest BCUT2D eigenvalue weighted by Crippen LogP contribution is 2.29. The van der Waals surface area contributed by atoms with E-state index >= 15 is 0 Å². The fraction of sp³-hybridized carbons (Fsp3) is 0.400. The molecule has 152 valence electrons. The van der Waals surface area contributed by atoms with E-state index in [4.69, 9.17) is 4.74 Å². The van der Waals surface area contributed by atoms with E-state index in [0.717, 1.165) is 24.6 Å². The van der Waals surface area contributed by atoms with Crippen LogP contribution in [-0.2, 0) is 11.3 Å². The molecule has 0 radical (unpaired) electrons. The van der Waals surface area contributed by atoms with E-state index in [1.807, 2.05) is 0 Å². The average molecular weight is 414 g/mol. The Labute approximate surface area is 172 Å². The van der Waals surface area contributed by atoms with E-state index < -0.39 is 0 Å². The number of piperidine rings is 1. The molecule has 3 heterocycles. The van der Waals surface area contributed by atoms with Gasteiger partial charge in [0.25, 0.3) is 5.56 Å². The second-order valence-corrected chi connectivity index (χ2v) is 8.27. The van der Waals surface area contributed by atoms with E-state index in [2.05, 4.69) is 27.1 Å². The number of thiazole rings is 1. The first-order valence-corrected chi connectivity index (χ1v) is 10.4. The minimum atomic E-state index is -0.298. The number of nitrogens with zero attached hydrogens (tertiary/aromatic N) is 4. The average Bonchev–Trinajstić information content (AvgIpc) is 3.16. The minimum Gasteiger partial charge on any atom is -0.497 e. The van der Waals surface area contributed by atoms with E-state index in [1.165, 1.54) is 28.7 Å². The van der Waals surface area contributed by atoms with Crippen LogP contribution in [0.15, 0.2) is 35.4 Å². The van der Waals surface area contributed by atoms with Gasteiger partial charge in [0.15, 0.2) is 10.8 Å². The molecule has 0 aliphatic carbocycles. The molecule has 4 rings (SSSR count). The van der Waals surface area contributed by atoms with Crippen molar-refractivity contribution >= 4 is 38.4 Å². The predicted molar refractivity (Wildman–Crippen MR) is 114 cm³/mol. The summed E-state index contributed by atoms with van der Waals surface area (Å²) < 4.78 is 6.91. The number of benzene rings is 1. The van der Waals surface area contributed by atoms with Crippen molar-refractivity contribution in [3.63, 3.8) is 0 Å². The highest BCUT2D eigenvalue weighted by Gasteiger charge is 2.21. The predicted octanol–water partition coefficient (Wildman–Crippen LogP) is 2.74. The first-order chi connectivity index (χ1) is 14.0. The van der Waals surface area contributed by atoms with Crippen LogP contribution in [-0.4, -0.2) is 40.6 Å². The second kappa shape index (κ2) is 8.20. The van der Waals surface area contributed by atoms with Crippen LogP contribution in [0, 0.1) is 5.92 Å². The summed E-state index contributed by atoms with van der Waals surface area (Å²) in [5.41, 5.74) is 0.839. The number of hydrogen-bond donors (Lipinski definition) is 1. The van der Waals surface area contributed by atoms with Crippen molar-refractivity contribution in [3.8, 4) is 5.75 Å². The van der Waals surface area contributed by atoms with Crippen LogP contribution in [0.3, 0.4) is 0 Å². The van der Waals surface area contributed by atoms with E-state index in [9.17, 15) is 9.59 Å². The molecule has 1 atom stereocenters. The minimum absolute atomic E-state index is 0.109. The van der Waals surface area contributed by atoms with Crippen molar-refractivity contribution < 1.29 is 9.53 Å². The second-order valence-electron chi connectivity index (χ2n) is 7.30. The number of nitrogens with one attached hydrogen (secondary N) is 1. The Balaban J connectivity index is 1.50. The van der Waals surface area contributed by atoms with Gasteiger partial charge in [-0.15, -0.1) is 0 Å². The summed E-state index contributed by atoms with van der Waals surface area (Å²) in [7, 11) is 1.58. The lowest BCUT2D eigenvalue weighted by Crippen LogP contribution is -2.34. The van der Waals surface area contributed by atoms with Crippen LogP contribution in [0.1, 0.15) is 19.8 Å². The lowest BCUT2D eigenvalue weighted by Gasteiger charge is -2.30. The number of methoxy groups -OCH3 is 1. The zero-order valence-corrected chi connectivity index (χ0v) is 17.2. The van der Waals surface area contributed by atoms with E-state index in [0.29, 0.717) is 27.7 Å². The smallest absolute Gasteiger partial charge is 0.273 e. The Hall–Kier alpha value is -2.94. The van der Waals surface area contributed by atoms with Gasteiger partial charge in [0.2, 0.25) is 5.91 Å². The molecule has 8 nitrogen and oxygen atoms in total. The summed E-state index contributed by atoms with van der Waals surface area (Å²) in [6.45, 7) is 4.01. The third kappa shape index (κ3) is 4.24. The van der Waals surface area contributed by atoms with Crippen LogP contribution in [0.2, 0.25) is 0 Å². The molecule has 0 saturated carbocycles. The molecule has 1 fully saturated rings. The van der Waals surface area contributed by atoms with E-state index in [-0.39, 0.29) is 18.0 Å². The van der Waals surface area contributed by atoms with Crippen LogP contribution < -0.4 is 20.5 Å². The van der Waals surface area contributed by atoms with E-state index in [1.54, 1.807) is 31.4 Å². The number of ether oxygens (including phenoxy) is 1. The van der Waals surface area contributed by atoms with Crippen molar-refractivity contribution in [2.75, 3.05) is 30.4 Å². The number of amides is 1. The van der Waals surface area contributed by atoms with Crippen molar-refractivity contribution in [1.82, 2.24) is 14.5 Å². The maximum Gasteiger partial charge on any atom is 0.273 e. The SMILES string of the molecule is COc1ccc(NC(=O)Cn2cnc3nc(N4CCCC(C)C4)sc3c2=O)cc1. The van der Waals surface area contributed by atoms with Gasteiger partial charge in [-0.1, -0.05) is 18.3 Å². The van der Waals surface area contributed by atoms with Crippen molar-refractivity contribution in [3.05, 3.63) is 40.9 Å². The number of carbonyl (C=O) groups excluding carboxylic acids is 1. The Morgan fingerprint density at radius 2 is 2.14 bits per heavy atom. The van der Waals surface area contributed by atoms with Gasteiger partial charge in [-0.2, -0.15) is 4.98 Å². The number of carbonyl (C=O) groups is 1. The molecule has 9 heteroatoms. The number of aromatic nitrogens is 3. The number of rotatable bonds is 5. The molecular weight excluding hydrogens is 390 g/mol. The first kappa shape index (κ1) is 19.4. The molecule has 1 aromatic carbocycles. The molecule has 29 heavy (non-hydrogen) atoms. The summed E-state index contributed by atoms with van der Waals surface area (Å²) in [6, 6.07) is 7.01. The summed E-state index contributed by atoms with van der Waals surface area (Å²) in [6.07, 6.45) is 3.73. The standard InChI is InChI=1S/C20H23N5O3S/c1-13-4-3-9-24(10-13)20-23-18-17(29-20)19(27)25(12-21-18)11-16(26)22-14-5-7-15(28-2)8-6-14/h5-8,12-13H,3-4,9-11H2,1-2H3,(H,22,26). The molecule has 1 aliphatic rings. The molecule has 1 N–H and O–H groups in total. The molecule has 1 amide bonds. The fourth-order valence-corrected chi connectivity index (χ4v) is 4.48. The van der Waals surface area contributed by atoms with Crippen LogP contribution in [0.5, 0.6) is 5.75 Å². The quantitative estimate of drug-likeness (QED) is 0.692. The number of anilines is 2. The molecule has 0 bridgehead atoms. The Bertz CT molecular complexity index is 1080. The maximum absolute atomic E-state index is 12.8. The number of fused-ring (bicyclic) bond motifs is 1. The summed E-state index contributed by atoms with van der Waals surface area (Å²) in [5, 5.41) is 3.61. The molecule has 2 aromatic heterocycles. The Morgan fingerprint density at radius 1 is 1.34 bits per heavy atom. The summed E-state index contributed by atoms with van der Waals surface area (Å²) in [4.78, 5) is 36.3. The van der Waals surface area contributed by atoms with Gasteiger partial charge in [-0.05, 0) is 43.0 Å². The topological polar surface area (TPSA) is 89.3 Å². The molecule has 1 saturated heterocycles. The van der Waals surface area contributed by atoms with Gasteiger partial charge in [0.05, 0.1) is 7.11 Å². The first-order valence-electron chi connectivity index (χ1n) is 9.58. The Morgan fingerprint density at radius 3 is 2.86 bits per heavy atom. The zero-order chi connectivity index (χ0) is 20.4. The van der Waals surface area contributed by atoms with Gasteiger partial charge in [0.1, 0.15) is 23.3 Å². The Kier molecular flexibility index (Phi) is 5.48. The fourth-order valence-electron chi connectivity index (χ4n) is 3.48. The normalized spacial score (nSPS) is 16.8. The van der Waals surface area contributed by atoms with Crippen molar-refractivity contribution in [1.29, 1.82) is 0 Å².